The van der Waals surface area contributed by atoms with Gasteiger partial charge in [-0.25, -0.2) is 0 Å². The SMILES string of the molecule is O=C(C1CCC1)N1CCN(C(=O)C2CC2c2ccccc2)CC1. The van der Waals surface area contributed by atoms with Gasteiger partial charge < -0.3 is 9.80 Å². The Morgan fingerprint density at radius 1 is 0.870 bits per heavy atom. The predicted octanol–water partition coefficient (Wildman–Crippen LogP) is 2.26. The van der Waals surface area contributed by atoms with E-state index in [1.807, 2.05) is 28.0 Å². The van der Waals surface area contributed by atoms with Crippen molar-refractivity contribution >= 4 is 11.8 Å². The third-order valence-electron chi connectivity index (χ3n) is 5.69. The number of amides is 2. The number of hydrogen-bond acceptors (Lipinski definition) is 2. The number of piperazine rings is 1. The summed E-state index contributed by atoms with van der Waals surface area (Å²) in [5.74, 6) is 1.43. The number of carbonyl (C=O) groups is 2. The Hall–Kier alpha value is -1.84. The van der Waals surface area contributed by atoms with Crippen molar-refractivity contribution in [3.63, 3.8) is 0 Å². The lowest BCUT2D eigenvalue weighted by Gasteiger charge is -2.38. The first-order valence-electron chi connectivity index (χ1n) is 8.86. The van der Waals surface area contributed by atoms with Gasteiger partial charge in [-0.05, 0) is 30.7 Å². The predicted molar refractivity (Wildman–Crippen MR) is 87.8 cm³/mol. The number of carbonyl (C=O) groups excluding carboxylic acids is 2. The molecule has 2 atom stereocenters. The molecule has 2 aliphatic carbocycles. The Kier molecular flexibility index (Phi) is 3.83. The van der Waals surface area contributed by atoms with E-state index in [2.05, 4.69) is 12.1 Å². The molecule has 23 heavy (non-hydrogen) atoms. The van der Waals surface area contributed by atoms with E-state index in [1.165, 1.54) is 12.0 Å². The van der Waals surface area contributed by atoms with Crippen LogP contribution in [0.15, 0.2) is 30.3 Å². The van der Waals surface area contributed by atoms with Crippen LogP contribution in [-0.4, -0.2) is 47.8 Å². The minimum Gasteiger partial charge on any atom is -0.339 e. The van der Waals surface area contributed by atoms with Crippen LogP contribution in [0.3, 0.4) is 0 Å². The molecular formula is C19H24N2O2. The van der Waals surface area contributed by atoms with Crippen molar-refractivity contribution in [2.45, 2.75) is 31.6 Å². The fraction of sp³-hybridized carbons (Fsp3) is 0.579. The monoisotopic (exact) mass is 312 g/mol. The molecule has 4 heteroatoms. The maximum Gasteiger partial charge on any atom is 0.226 e. The highest BCUT2D eigenvalue weighted by Crippen LogP contribution is 2.48. The van der Waals surface area contributed by atoms with Crippen LogP contribution in [0.2, 0.25) is 0 Å². The summed E-state index contributed by atoms with van der Waals surface area (Å²) in [7, 11) is 0. The lowest BCUT2D eigenvalue weighted by atomic mass is 9.84. The van der Waals surface area contributed by atoms with Crippen molar-refractivity contribution in [2.75, 3.05) is 26.2 Å². The number of hydrogen-bond donors (Lipinski definition) is 0. The summed E-state index contributed by atoms with van der Waals surface area (Å²) in [6.45, 7) is 2.83. The highest BCUT2D eigenvalue weighted by Gasteiger charge is 2.46. The first-order valence-corrected chi connectivity index (χ1v) is 8.86. The Balaban J connectivity index is 1.29. The molecule has 2 saturated carbocycles. The van der Waals surface area contributed by atoms with E-state index in [1.54, 1.807) is 0 Å². The van der Waals surface area contributed by atoms with E-state index in [9.17, 15) is 9.59 Å². The van der Waals surface area contributed by atoms with Crippen molar-refractivity contribution in [3.8, 4) is 0 Å². The van der Waals surface area contributed by atoms with E-state index in [-0.39, 0.29) is 17.7 Å². The highest BCUT2D eigenvalue weighted by molar-refractivity contribution is 5.84. The van der Waals surface area contributed by atoms with Gasteiger partial charge in [0.2, 0.25) is 11.8 Å². The minimum atomic E-state index is 0.159. The molecule has 1 saturated heterocycles. The van der Waals surface area contributed by atoms with Gasteiger partial charge in [-0.15, -0.1) is 0 Å². The molecule has 3 fully saturated rings. The summed E-state index contributed by atoms with van der Waals surface area (Å²) >= 11 is 0. The van der Waals surface area contributed by atoms with Crippen LogP contribution in [0.5, 0.6) is 0 Å². The molecule has 0 aromatic heterocycles. The first kappa shape index (κ1) is 14.7. The normalized spacial score (nSPS) is 27.5. The van der Waals surface area contributed by atoms with Gasteiger partial charge in [0.05, 0.1) is 0 Å². The fourth-order valence-electron chi connectivity index (χ4n) is 3.83. The third kappa shape index (κ3) is 2.87. The summed E-state index contributed by atoms with van der Waals surface area (Å²) in [5.41, 5.74) is 1.28. The molecule has 3 aliphatic rings. The molecule has 122 valence electrons. The maximum atomic E-state index is 12.6. The average Bonchev–Trinajstić information content (AvgIpc) is 3.34. The molecule has 1 aromatic carbocycles. The average molecular weight is 312 g/mol. The van der Waals surface area contributed by atoms with Crippen molar-refractivity contribution in [2.24, 2.45) is 11.8 Å². The van der Waals surface area contributed by atoms with Crippen LogP contribution >= 0.6 is 0 Å². The molecule has 2 amide bonds. The Labute approximate surface area is 137 Å². The second-order valence-corrected chi connectivity index (χ2v) is 7.14. The van der Waals surface area contributed by atoms with E-state index in [4.69, 9.17) is 0 Å². The molecule has 1 aromatic rings. The zero-order valence-electron chi connectivity index (χ0n) is 13.5. The highest BCUT2D eigenvalue weighted by atomic mass is 16.2. The zero-order valence-corrected chi connectivity index (χ0v) is 13.5. The third-order valence-corrected chi connectivity index (χ3v) is 5.69. The molecule has 2 unspecified atom stereocenters. The summed E-state index contributed by atoms with van der Waals surface area (Å²) < 4.78 is 0. The molecule has 4 rings (SSSR count). The molecular weight excluding hydrogens is 288 g/mol. The van der Waals surface area contributed by atoms with Crippen LogP contribution in [0.4, 0.5) is 0 Å². The topological polar surface area (TPSA) is 40.6 Å². The van der Waals surface area contributed by atoms with Crippen LogP contribution in [-0.2, 0) is 9.59 Å². The van der Waals surface area contributed by atoms with Crippen LogP contribution < -0.4 is 0 Å². The lowest BCUT2D eigenvalue weighted by molar-refractivity contribution is -0.144. The number of benzene rings is 1. The van der Waals surface area contributed by atoms with E-state index in [0.717, 1.165) is 19.3 Å². The molecule has 4 nitrogen and oxygen atoms in total. The van der Waals surface area contributed by atoms with Gasteiger partial charge in [-0.3, -0.25) is 9.59 Å². The van der Waals surface area contributed by atoms with Gasteiger partial charge in [0.1, 0.15) is 0 Å². The van der Waals surface area contributed by atoms with Crippen LogP contribution in [0.25, 0.3) is 0 Å². The molecule has 1 aliphatic heterocycles. The van der Waals surface area contributed by atoms with Crippen molar-refractivity contribution in [1.29, 1.82) is 0 Å². The van der Waals surface area contributed by atoms with E-state index < -0.39 is 0 Å². The van der Waals surface area contributed by atoms with Gasteiger partial charge >= 0.3 is 0 Å². The number of nitrogens with zero attached hydrogens (tertiary/aromatic N) is 2. The Morgan fingerprint density at radius 3 is 2.04 bits per heavy atom. The molecule has 1 heterocycles. The van der Waals surface area contributed by atoms with E-state index >= 15 is 0 Å². The molecule has 0 spiro atoms. The van der Waals surface area contributed by atoms with Gasteiger partial charge in [-0.1, -0.05) is 36.8 Å². The van der Waals surface area contributed by atoms with Gasteiger partial charge in [-0.2, -0.15) is 0 Å². The molecule has 0 radical (unpaired) electrons. The van der Waals surface area contributed by atoms with Gasteiger partial charge in [0, 0.05) is 38.0 Å². The largest absolute Gasteiger partial charge is 0.339 e. The van der Waals surface area contributed by atoms with Crippen molar-refractivity contribution < 1.29 is 9.59 Å². The Morgan fingerprint density at radius 2 is 1.48 bits per heavy atom. The number of rotatable bonds is 3. The molecule has 0 bridgehead atoms. The van der Waals surface area contributed by atoms with Crippen LogP contribution in [0, 0.1) is 11.8 Å². The minimum absolute atomic E-state index is 0.159. The Bertz CT molecular complexity index is 589. The summed E-state index contributed by atoms with van der Waals surface area (Å²) in [5, 5.41) is 0. The smallest absolute Gasteiger partial charge is 0.226 e. The second kappa shape index (κ2) is 5.99. The zero-order chi connectivity index (χ0) is 15.8. The lowest BCUT2D eigenvalue weighted by Crippen LogP contribution is -2.53. The van der Waals surface area contributed by atoms with Crippen molar-refractivity contribution in [1.82, 2.24) is 9.80 Å². The maximum absolute atomic E-state index is 12.6. The van der Waals surface area contributed by atoms with Gasteiger partial charge in [0.15, 0.2) is 0 Å². The molecule has 0 N–H and O–H groups in total. The quantitative estimate of drug-likeness (QED) is 0.859. The van der Waals surface area contributed by atoms with E-state index in [0.29, 0.717) is 38.0 Å². The summed E-state index contributed by atoms with van der Waals surface area (Å²) in [4.78, 5) is 28.8. The second-order valence-electron chi connectivity index (χ2n) is 7.14. The van der Waals surface area contributed by atoms with Crippen molar-refractivity contribution in [3.05, 3.63) is 35.9 Å². The standard InChI is InChI=1S/C19H24N2O2/c22-18(15-7-4-8-15)20-9-11-21(12-10-20)19(23)17-13-16(17)14-5-2-1-3-6-14/h1-3,5-6,15-17H,4,7-13H2. The van der Waals surface area contributed by atoms with Gasteiger partial charge in [0.25, 0.3) is 0 Å². The fourth-order valence-corrected chi connectivity index (χ4v) is 3.83. The summed E-state index contributed by atoms with van der Waals surface area (Å²) in [6.07, 6.45) is 4.28. The first-order chi connectivity index (χ1) is 11.2. The summed E-state index contributed by atoms with van der Waals surface area (Å²) in [6, 6.07) is 10.3. The van der Waals surface area contributed by atoms with Crippen LogP contribution in [0.1, 0.15) is 37.2 Å².